The molecule has 0 radical (unpaired) electrons. The first kappa shape index (κ1) is 10.4. The molecule has 3 atom stereocenters. The second kappa shape index (κ2) is 3.95. The molecule has 0 saturated carbocycles. The lowest BCUT2D eigenvalue weighted by Crippen LogP contribution is -2.44. The Balaban J connectivity index is 1.91. The Morgan fingerprint density at radius 3 is 2.88 bits per heavy atom. The molecule has 0 aromatic carbocycles. The molecule has 0 aromatic heterocycles. The Kier molecular flexibility index (Phi) is 2.42. The van der Waals surface area contributed by atoms with Crippen LogP contribution in [0.4, 0.5) is 4.79 Å². The summed E-state index contributed by atoms with van der Waals surface area (Å²) in [6, 6.07) is 0.315. The molecule has 2 aliphatic heterocycles. The van der Waals surface area contributed by atoms with Crippen molar-refractivity contribution in [1.82, 2.24) is 9.80 Å². The number of fused-ring (bicyclic) bond motifs is 2. The Morgan fingerprint density at radius 1 is 1.24 bits per heavy atom. The van der Waals surface area contributed by atoms with Gasteiger partial charge in [0.2, 0.25) is 0 Å². The van der Waals surface area contributed by atoms with Crippen molar-refractivity contribution in [2.45, 2.75) is 18.5 Å². The molecule has 4 heteroatoms. The van der Waals surface area contributed by atoms with Gasteiger partial charge in [0.25, 0.3) is 0 Å². The fraction of sp³-hybridized carbons (Fsp3) is 0.462. The zero-order chi connectivity index (χ0) is 11.8. The number of rotatable bonds is 0. The third-order valence-corrected chi connectivity index (χ3v) is 3.83. The molecule has 2 heterocycles. The summed E-state index contributed by atoms with van der Waals surface area (Å²) in [5.74, 6) is 0.267. The molecule has 3 rings (SSSR count). The summed E-state index contributed by atoms with van der Waals surface area (Å²) in [6.07, 6.45) is 12.5. The highest BCUT2D eigenvalue weighted by Crippen LogP contribution is 2.29. The van der Waals surface area contributed by atoms with E-state index in [2.05, 4.69) is 23.3 Å². The Labute approximate surface area is 101 Å². The average molecular weight is 232 g/mol. The van der Waals surface area contributed by atoms with Gasteiger partial charge in [-0.2, -0.15) is 0 Å². The van der Waals surface area contributed by atoms with Crippen LogP contribution in [0.3, 0.4) is 0 Å². The summed E-state index contributed by atoms with van der Waals surface area (Å²) < 4.78 is 0. The van der Waals surface area contributed by atoms with Gasteiger partial charge in [-0.3, -0.25) is 4.90 Å². The van der Waals surface area contributed by atoms with E-state index in [-0.39, 0.29) is 12.0 Å². The standard InChI is InChI=1S/C13H16N2O2/c16-13(17)15-9-11-5-3-7-14(11)8-10-4-1-2-6-12(10)15/h1-4,6-7,10-12H,5,8-9H2,(H,16,17). The van der Waals surface area contributed by atoms with E-state index in [1.807, 2.05) is 18.2 Å². The van der Waals surface area contributed by atoms with Gasteiger partial charge in [-0.1, -0.05) is 30.4 Å². The first-order valence-electron chi connectivity index (χ1n) is 6.02. The van der Waals surface area contributed by atoms with Gasteiger partial charge >= 0.3 is 6.09 Å². The summed E-state index contributed by atoms with van der Waals surface area (Å²) >= 11 is 0. The summed E-state index contributed by atoms with van der Waals surface area (Å²) in [4.78, 5) is 15.2. The lowest BCUT2D eigenvalue weighted by atomic mass is 9.94. The van der Waals surface area contributed by atoms with E-state index in [0.717, 1.165) is 13.0 Å². The molecule has 1 fully saturated rings. The minimum atomic E-state index is -0.811. The maximum Gasteiger partial charge on any atom is 0.407 e. The molecule has 1 N–H and O–H groups in total. The Morgan fingerprint density at radius 2 is 2.06 bits per heavy atom. The van der Waals surface area contributed by atoms with Crippen molar-refractivity contribution in [1.29, 1.82) is 0 Å². The lowest BCUT2D eigenvalue weighted by molar-refractivity contribution is 0.126. The molecule has 3 unspecified atom stereocenters. The number of carbonyl (C=O) groups is 1. The van der Waals surface area contributed by atoms with E-state index >= 15 is 0 Å². The highest BCUT2D eigenvalue weighted by Gasteiger charge is 2.37. The van der Waals surface area contributed by atoms with Crippen LogP contribution >= 0.6 is 0 Å². The van der Waals surface area contributed by atoms with Crippen LogP contribution in [0, 0.1) is 5.92 Å². The van der Waals surface area contributed by atoms with E-state index in [1.54, 1.807) is 4.90 Å². The topological polar surface area (TPSA) is 43.8 Å². The SMILES string of the molecule is O=C(O)N1CC2CC=CN2CC2C=CC=CC21. The molecule has 0 aromatic rings. The molecule has 17 heavy (non-hydrogen) atoms. The largest absolute Gasteiger partial charge is 0.465 e. The van der Waals surface area contributed by atoms with Gasteiger partial charge in [0.15, 0.2) is 0 Å². The van der Waals surface area contributed by atoms with Gasteiger partial charge in [0.05, 0.1) is 6.04 Å². The van der Waals surface area contributed by atoms with Crippen LogP contribution in [-0.2, 0) is 0 Å². The van der Waals surface area contributed by atoms with Crippen molar-refractivity contribution < 1.29 is 9.90 Å². The predicted octanol–water partition coefficient (Wildman–Crippen LogP) is 1.68. The number of amides is 1. The monoisotopic (exact) mass is 232 g/mol. The normalized spacial score (nSPS) is 34.5. The number of nitrogens with zero attached hydrogens (tertiary/aromatic N) is 2. The molecule has 1 aliphatic carbocycles. The fourth-order valence-electron chi connectivity index (χ4n) is 2.94. The van der Waals surface area contributed by atoms with Crippen molar-refractivity contribution in [3.8, 4) is 0 Å². The van der Waals surface area contributed by atoms with Crippen molar-refractivity contribution in [2.24, 2.45) is 5.92 Å². The lowest BCUT2D eigenvalue weighted by Gasteiger charge is -2.30. The summed E-state index contributed by atoms with van der Waals surface area (Å²) in [5.41, 5.74) is 0. The minimum absolute atomic E-state index is 0.00324. The van der Waals surface area contributed by atoms with Gasteiger partial charge in [-0.15, -0.1) is 0 Å². The van der Waals surface area contributed by atoms with E-state index in [4.69, 9.17) is 0 Å². The second-order valence-electron chi connectivity index (χ2n) is 4.83. The van der Waals surface area contributed by atoms with E-state index < -0.39 is 6.09 Å². The molecule has 90 valence electrons. The first-order chi connectivity index (χ1) is 8.25. The molecule has 0 spiro atoms. The highest BCUT2D eigenvalue weighted by molar-refractivity contribution is 5.66. The van der Waals surface area contributed by atoms with E-state index in [9.17, 15) is 9.90 Å². The average Bonchev–Trinajstić information content (AvgIpc) is 2.68. The van der Waals surface area contributed by atoms with Crippen molar-refractivity contribution in [3.63, 3.8) is 0 Å². The Bertz CT molecular complexity index is 414. The molecule has 1 amide bonds. The van der Waals surface area contributed by atoms with Crippen LogP contribution in [-0.4, -0.2) is 46.2 Å². The molecule has 4 nitrogen and oxygen atoms in total. The first-order valence-corrected chi connectivity index (χ1v) is 6.02. The van der Waals surface area contributed by atoms with Crippen LogP contribution in [0.15, 0.2) is 36.6 Å². The maximum atomic E-state index is 11.4. The van der Waals surface area contributed by atoms with Crippen molar-refractivity contribution in [2.75, 3.05) is 13.1 Å². The summed E-state index contributed by atoms with van der Waals surface area (Å²) in [5, 5.41) is 9.35. The molecule has 1 saturated heterocycles. The minimum Gasteiger partial charge on any atom is -0.465 e. The van der Waals surface area contributed by atoms with Gasteiger partial charge in [-0.25, -0.2) is 4.79 Å². The van der Waals surface area contributed by atoms with Crippen LogP contribution in [0.1, 0.15) is 6.42 Å². The van der Waals surface area contributed by atoms with Crippen molar-refractivity contribution in [3.05, 3.63) is 36.6 Å². The summed E-state index contributed by atoms with van der Waals surface area (Å²) in [7, 11) is 0. The smallest absolute Gasteiger partial charge is 0.407 e. The number of carboxylic acid groups (broad SMARTS) is 1. The van der Waals surface area contributed by atoms with Gasteiger partial charge in [-0.05, 0) is 12.6 Å². The van der Waals surface area contributed by atoms with Gasteiger partial charge in [0.1, 0.15) is 0 Å². The van der Waals surface area contributed by atoms with Crippen molar-refractivity contribution >= 4 is 6.09 Å². The number of allylic oxidation sites excluding steroid dienone is 2. The third kappa shape index (κ3) is 1.73. The molecular weight excluding hydrogens is 216 g/mol. The van der Waals surface area contributed by atoms with Crippen LogP contribution in [0.5, 0.6) is 0 Å². The van der Waals surface area contributed by atoms with Crippen LogP contribution < -0.4 is 0 Å². The highest BCUT2D eigenvalue weighted by atomic mass is 16.4. The number of hydrogen-bond donors (Lipinski definition) is 1. The second-order valence-corrected chi connectivity index (χ2v) is 4.83. The predicted molar refractivity (Wildman–Crippen MR) is 64.5 cm³/mol. The van der Waals surface area contributed by atoms with E-state index in [1.165, 1.54) is 0 Å². The Hall–Kier alpha value is -1.71. The fourth-order valence-corrected chi connectivity index (χ4v) is 2.94. The van der Waals surface area contributed by atoms with Gasteiger partial charge < -0.3 is 10.0 Å². The van der Waals surface area contributed by atoms with E-state index in [0.29, 0.717) is 12.6 Å². The van der Waals surface area contributed by atoms with Crippen LogP contribution in [0.25, 0.3) is 0 Å². The zero-order valence-electron chi connectivity index (χ0n) is 9.57. The zero-order valence-corrected chi connectivity index (χ0v) is 9.57. The third-order valence-electron chi connectivity index (χ3n) is 3.83. The van der Waals surface area contributed by atoms with Crippen LogP contribution in [0.2, 0.25) is 0 Å². The summed E-state index contributed by atoms with van der Waals surface area (Å²) in [6.45, 7) is 1.51. The van der Waals surface area contributed by atoms with Gasteiger partial charge in [0, 0.05) is 25.0 Å². The molecular formula is C13H16N2O2. The number of hydrogen-bond acceptors (Lipinski definition) is 2. The molecule has 0 bridgehead atoms. The quantitative estimate of drug-likeness (QED) is 0.691. The molecule has 3 aliphatic rings. The maximum absolute atomic E-state index is 11.4.